The lowest BCUT2D eigenvalue weighted by Gasteiger charge is -2.32. The molecule has 1 aromatic rings. The molecule has 1 aliphatic carbocycles. The van der Waals surface area contributed by atoms with Crippen molar-refractivity contribution in [3.63, 3.8) is 0 Å². The highest BCUT2D eigenvalue weighted by Gasteiger charge is 2.71. The summed E-state index contributed by atoms with van der Waals surface area (Å²) < 4.78 is 27.1. The summed E-state index contributed by atoms with van der Waals surface area (Å²) in [6.45, 7) is 13.2. The van der Waals surface area contributed by atoms with Crippen LogP contribution >= 0.6 is 15.9 Å². The highest BCUT2D eigenvalue weighted by Crippen LogP contribution is 2.64. The second kappa shape index (κ2) is 6.85. The number of carbonyl (C=O) groups excluding carboxylic acids is 1. The Hall–Kier alpha value is -0.915. The van der Waals surface area contributed by atoms with Crippen molar-refractivity contribution < 1.29 is 18.5 Å². The van der Waals surface area contributed by atoms with E-state index in [1.54, 1.807) is 6.07 Å². The Bertz CT molecular complexity index is 737. The van der Waals surface area contributed by atoms with Gasteiger partial charge < -0.3 is 14.2 Å². The minimum Gasteiger partial charge on any atom is -0.403 e. The predicted molar refractivity (Wildman–Crippen MR) is 108 cm³/mol. The molecule has 0 spiro atoms. The van der Waals surface area contributed by atoms with E-state index >= 15 is 0 Å². The Labute approximate surface area is 170 Å². The van der Waals surface area contributed by atoms with Crippen LogP contribution in [0.5, 0.6) is 0 Å². The molecule has 27 heavy (non-hydrogen) atoms. The smallest absolute Gasteiger partial charge is 0.403 e. The quantitative estimate of drug-likeness (QED) is 0.631. The van der Waals surface area contributed by atoms with Crippen LogP contribution in [0.3, 0.4) is 0 Å². The minimum atomic E-state index is -0.797. The Morgan fingerprint density at radius 3 is 2.26 bits per heavy atom. The van der Waals surface area contributed by atoms with E-state index in [1.807, 2.05) is 52.5 Å². The molecule has 7 heteroatoms. The fourth-order valence-corrected chi connectivity index (χ4v) is 4.18. The zero-order chi connectivity index (χ0) is 20.2. The van der Waals surface area contributed by atoms with Gasteiger partial charge in [0, 0.05) is 18.9 Å². The maximum atomic E-state index is 14.3. The average Bonchev–Trinajstić information content (AvgIpc) is 3.29. The van der Waals surface area contributed by atoms with E-state index in [1.165, 1.54) is 6.07 Å². The van der Waals surface area contributed by atoms with Crippen molar-refractivity contribution in [2.45, 2.75) is 70.4 Å². The number of hydrogen-bond donors (Lipinski definition) is 0. The molecule has 2 fully saturated rings. The normalized spacial score (nSPS) is 28.3. The number of amides is 1. The third-order valence-corrected chi connectivity index (χ3v) is 7.12. The van der Waals surface area contributed by atoms with Crippen LogP contribution < -0.4 is 0 Å². The van der Waals surface area contributed by atoms with Crippen molar-refractivity contribution in [3.05, 3.63) is 34.1 Å². The SMILES string of the molecule is CCN(CC)C(=O)[C@@]1(c2ccc(Br)c(F)c2)C[C@H]1B1OC(C)(C)C(C)(C)O1. The predicted octanol–water partition coefficient (Wildman–Crippen LogP) is 4.56. The van der Waals surface area contributed by atoms with Gasteiger partial charge in [-0.05, 0) is 81.6 Å². The first-order valence-electron chi connectivity index (χ1n) is 9.60. The number of halogens is 2. The van der Waals surface area contributed by atoms with Gasteiger partial charge in [-0.3, -0.25) is 4.79 Å². The van der Waals surface area contributed by atoms with E-state index in [-0.39, 0.29) is 17.5 Å². The molecule has 0 radical (unpaired) electrons. The van der Waals surface area contributed by atoms with Gasteiger partial charge in [0.15, 0.2) is 0 Å². The van der Waals surface area contributed by atoms with Gasteiger partial charge in [0.25, 0.3) is 0 Å². The van der Waals surface area contributed by atoms with Crippen LogP contribution in [0.1, 0.15) is 53.5 Å². The van der Waals surface area contributed by atoms with E-state index in [0.29, 0.717) is 29.5 Å². The van der Waals surface area contributed by atoms with Gasteiger partial charge in [0.05, 0.1) is 21.1 Å². The highest BCUT2D eigenvalue weighted by atomic mass is 79.9. The summed E-state index contributed by atoms with van der Waals surface area (Å²) in [6, 6.07) is 4.97. The van der Waals surface area contributed by atoms with Crippen molar-refractivity contribution in [1.82, 2.24) is 4.90 Å². The molecule has 0 bridgehead atoms. The van der Waals surface area contributed by atoms with Crippen molar-refractivity contribution in [2.24, 2.45) is 0 Å². The second-order valence-corrected chi connectivity index (χ2v) is 9.37. The minimum absolute atomic E-state index is 0.0222. The van der Waals surface area contributed by atoms with E-state index in [9.17, 15) is 9.18 Å². The lowest BCUT2D eigenvalue weighted by molar-refractivity contribution is -0.133. The van der Waals surface area contributed by atoms with Gasteiger partial charge >= 0.3 is 7.12 Å². The molecule has 0 aromatic heterocycles. The molecular formula is C20H28BBrFNO3. The van der Waals surface area contributed by atoms with Crippen LogP contribution in [0.2, 0.25) is 5.82 Å². The molecule has 1 aliphatic heterocycles. The molecule has 2 aliphatic rings. The molecular weight excluding hydrogens is 412 g/mol. The van der Waals surface area contributed by atoms with Crippen LogP contribution in [0.4, 0.5) is 4.39 Å². The molecule has 0 unspecified atom stereocenters. The molecule has 3 rings (SSSR count). The van der Waals surface area contributed by atoms with E-state index < -0.39 is 23.7 Å². The van der Waals surface area contributed by atoms with Gasteiger partial charge in [-0.25, -0.2) is 4.39 Å². The van der Waals surface area contributed by atoms with Gasteiger partial charge in [-0.1, -0.05) is 6.07 Å². The molecule has 1 heterocycles. The van der Waals surface area contributed by atoms with Crippen molar-refractivity contribution in [3.8, 4) is 0 Å². The lowest BCUT2D eigenvalue weighted by Crippen LogP contribution is -2.41. The largest absolute Gasteiger partial charge is 0.462 e. The summed E-state index contributed by atoms with van der Waals surface area (Å²) in [5, 5.41) is 0. The monoisotopic (exact) mass is 439 g/mol. The first kappa shape index (κ1) is 20.8. The van der Waals surface area contributed by atoms with Crippen LogP contribution in [0.25, 0.3) is 0 Å². The third kappa shape index (κ3) is 3.26. The Balaban J connectivity index is 1.99. The Morgan fingerprint density at radius 1 is 1.22 bits per heavy atom. The number of benzene rings is 1. The molecule has 1 saturated heterocycles. The van der Waals surface area contributed by atoms with Crippen LogP contribution in [0, 0.1) is 5.82 Å². The molecule has 0 N–H and O–H groups in total. The van der Waals surface area contributed by atoms with Crippen molar-refractivity contribution >= 4 is 29.0 Å². The zero-order valence-electron chi connectivity index (χ0n) is 16.9. The fourth-order valence-electron chi connectivity index (χ4n) is 3.94. The standard InChI is InChI=1S/C20H28BBrFNO3/c1-7-24(8-2)17(25)20(13-9-10-14(22)15(23)11-13)12-16(20)21-26-18(3,4)19(5,6)27-21/h9-11,16H,7-8,12H2,1-6H3/t16-,20-/m1/s1. The molecule has 1 aromatic carbocycles. The number of hydrogen-bond acceptors (Lipinski definition) is 3. The summed E-state index contributed by atoms with van der Waals surface area (Å²) in [4.78, 5) is 15.3. The van der Waals surface area contributed by atoms with E-state index in [0.717, 1.165) is 0 Å². The molecule has 4 nitrogen and oxygen atoms in total. The molecule has 148 valence electrons. The molecule has 1 saturated carbocycles. The summed E-state index contributed by atoms with van der Waals surface area (Å²) in [5.74, 6) is -0.472. The summed E-state index contributed by atoms with van der Waals surface area (Å²) >= 11 is 3.20. The Morgan fingerprint density at radius 2 is 1.78 bits per heavy atom. The maximum absolute atomic E-state index is 14.3. The highest BCUT2D eigenvalue weighted by molar-refractivity contribution is 9.10. The van der Waals surface area contributed by atoms with Crippen molar-refractivity contribution in [2.75, 3.05) is 13.1 Å². The topological polar surface area (TPSA) is 38.8 Å². The van der Waals surface area contributed by atoms with Gasteiger partial charge in [0.1, 0.15) is 5.82 Å². The second-order valence-electron chi connectivity index (χ2n) is 8.51. The lowest BCUT2D eigenvalue weighted by atomic mass is 9.74. The van der Waals surface area contributed by atoms with E-state index in [2.05, 4.69) is 15.9 Å². The Kier molecular flexibility index (Phi) is 5.28. The fraction of sp³-hybridized carbons (Fsp3) is 0.650. The van der Waals surface area contributed by atoms with Gasteiger partial charge in [-0.15, -0.1) is 0 Å². The number of likely N-dealkylation sites (N-methyl/N-ethyl adjacent to an activating group) is 1. The maximum Gasteiger partial charge on any atom is 0.462 e. The summed E-state index contributed by atoms with van der Waals surface area (Å²) in [5.41, 5.74) is -1.03. The van der Waals surface area contributed by atoms with Crippen LogP contribution in [0.15, 0.2) is 22.7 Å². The van der Waals surface area contributed by atoms with E-state index in [4.69, 9.17) is 9.31 Å². The van der Waals surface area contributed by atoms with Crippen LogP contribution in [-0.2, 0) is 19.5 Å². The number of rotatable bonds is 5. The first-order valence-corrected chi connectivity index (χ1v) is 10.4. The van der Waals surface area contributed by atoms with Crippen molar-refractivity contribution in [1.29, 1.82) is 0 Å². The van der Waals surface area contributed by atoms with Crippen LogP contribution in [-0.4, -0.2) is 42.2 Å². The summed E-state index contributed by atoms with van der Waals surface area (Å²) in [6.07, 6.45) is 0.597. The third-order valence-electron chi connectivity index (χ3n) is 6.48. The number of carbonyl (C=O) groups is 1. The summed E-state index contributed by atoms with van der Waals surface area (Å²) in [7, 11) is -0.485. The molecule has 1 amide bonds. The number of nitrogens with zero attached hydrogens (tertiary/aromatic N) is 1. The van der Waals surface area contributed by atoms with Gasteiger partial charge in [-0.2, -0.15) is 0 Å². The molecule has 2 atom stereocenters. The zero-order valence-corrected chi connectivity index (χ0v) is 18.5. The average molecular weight is 440 g/mol. The first-order chi connectivity index (χ1) is 12.5. The van der Waals surface area contributed by atoms with Gasteiger partial charge in [0.2, 0.25) is 5.91 Å².